The number of aliphatic imine (C=N–C) groups is 1. The van der Waals surface area contributed by atoms with Crippen molar-refractivity contribution in [1.82, 2.24) is 15.5 Å². The van der Waals surface area contributed by atoms with Gasteiger partial charge in [0.1, 0.15) is 0 Å². The van der Waals surface area contributed by atoms with Gasteiger partial charge in [-0.2, -0.15) is 0 Å². The molecule has 0 heterocycles. The summed E-state index contributed by atoms with van der Waals surface area (Å²) in [7, 11) is 3.90. The summed E-state index contributed by atoms with van der Waals surface area (Å²) in [5.74, 6) is 0.852. The fourth-order valence-electron chi connectivity index (χ4n) is 2.32. The average molecular weight is 349 g/mol. The van der Waals surface area contributed by atoms with Gasteiger partial charge in [0.2, 0.25) is 0 Å². The number of benzene rings is 1. The minimum atomic E-state index is -0.244. The number of nitrogens with one attached hydrogen (secondary N) is 2. The molecule has 0 aliphatic heterocycles. The molecule has 0 fully saturated rings. The van der Waals surface area contributed by atoms with E-state index in [0.717, 1.165) is 32.0 Å². The molecule has 0 radical (unpaired) electrons. The summed E-state index contributed by atoms with van der Waals surface area (Å²) in [6.07, 6.45) is 1.06. The van der Waals surface area contributed by atoms with Crippen molar-refractivity contribution in [2.24, 2.45) is 4.99 Å². The van der Waals surface area contributed by atoms with Crippen LogP contribution in [0.25, 0.3) is 0 Å². The molecule has 1 unspecified atom stereocenters. The predicted octanol–water partition coefficient (Wildman–Crippen LogP) is 2.88. The van der Waals surface area contributed by atoms with Crippen LogP contribution in [-0.2, 0) is 11.3 Å². The molecule has 1 aromatic rings. The normalized spacial score (nSPS) is 13.8. The van der Waals surface area contributed by atoms with Gasteiger partial charge in [-0.3, -0.25) is 9.89 Å². The van der Waals surface area contributed by atoms with Crippen molar-refractivity contribution in [3.05, 3.63) is 35.9 Å². The second-order valence-electron chi connectivity index (χ2n) is 7.12. The lowest BCUT2D eigenvalue weighted by Gasteiger charge is -2.25. The third kappa shape index (κ3) is 8.89. The van der Waals surface area contributed by atoms with Crippen LogP contribution in [0, 0.1) is 0 Å². The average Bonchev–Trinajstić information content (AvgIpc) is 2.60. The van der Waals surface area contributed by atoms with Gasteiger partial charge in [0.05, 0.1) is 12.1 Å². The number of guanidine groups is 1. The molecule has 0 spiro atoms. The maximum Gasteiger partial charge on any atom is 0.191 e. The SMILES string of the molecule is CCNC(=NCC(C)(C)OC)NCCC(C)N(C)Cc1ccccc1. The van der Waals surface area contributed by atoms with Gasteiger partial charge in [0.15, 0.2) is 5.96 Å². The van der Waals surface area contributed by atoms with E-state index in [1.54, 1.807) is 7.11 Å². The smallest absolute Gasteiger partial charge is 0.191 e. The first kappa shape index (κ1) is 21.5. The number of rotatable bonds is 10. The Hall–Kier alpha value is -1.59. The molecule has 2 N–H and O–H groups in total. The van der Waals surface area contributed by atoms with E-state index in [9.17, 15) is 0 Å². The zero-order valence-corrected chi connectivity index (χ0v) is 16.8. The number of methoxy groups -OCH3 is 1. The van der Waals surface area contributed by atoms with Crippen molar-refractivity contribution in [1.29, 1.82) is 0 Å². The maximum atomic E-state index is 5.43. The predicted molar refractivity (Wildman–Crippen MR) is 107 cm³/mol. The van der Waals surface area contributed by atoms with E-state index in [0.29, 0.717) is 12.6 Å². The molecule has 0 aromatic heterocycles. The van der Waals surface area contributed by atoms with Crippen molar-refractivity contribution in [3.63, 3.8) is 0 Å². The molecular weight excluding hydrogens is 312 g/mol. The van der Waals surface area contributed by atoms with Crippen LogP contribution in [0.2, 0.25) is 0 Å². The highest BCUT2D eigenvalue weighted by Crippen LogP contribution is 2.08. The number of ether oxygens (including phenoxy) is 1. The van der Waals surface area contributed by atoms with E-state index in [-0.39, 0.29) is 5.60 Å². The standard InChI is InChI=1S/C20H36N4O/c1-7-21-19(23-16-20(3,4)25-6)22-14-13-17(2)24(5)15-18-11-9-8-10-12-18/h8-12,17H,7,13-16H2,1-6H3,(H2,21,22,23). The highest BCUT2D eigenvalue weighted by molar-refractivity contribution is 5.79. The molecule has 0 saturated carbocycles. The molecule has 0 aliphatic rings. The van der Waals surface area contributed by atoms with Gasteiger partial charge in [-0.25, -0.2) is 0 Å². The highest BCUT2D eigenvalue weighted by Gasteiger charge is 2.16. The zero-order chi connectivity index (χ0) is 18.7. The second-order valence-corrected chi connectivity index (χ2v) is 7.12. The van der Waals surface area contributed by atoms with Crippen LogP contribution in [0.5, 0.6) is 0 Å². The van der Waals surface area contributed by atoms with Gasteiger partial charge in [0.25, 0.3) is 0 Å². The Bertz CT molecular complexity index is 502. The van der Waals surface area contributed by atoms with E-state index in [1.165, 1.54) is 5.56 Å². The molecule has 1 rings (SSSR count). The Morgan fingerprint density at radius 2 is 1.92 bits per heavy atom. The first-order valence-electron chi connectivity index (χ1n) is 9.19. The summed E-state index contributed by atoms with van der Waals surface area (Å²) in [4.78, 5) is 7.01. The number of hydrogen-bond acceptors (Lipinski definition) is 3. The third-order valence-electron chi connectivity index (χ3n) is 4.40. The van der Waals surface area contributed by atoms with Crippen molar-refractivity contribution >= 4 is 5.96 Å². The Kier molecular flexibility index (Phi) is 9.53. The van der Waals surface area contributed by atoms with E-state index in [4.69, 9.17) is 4.74 Å². The summed E-state index contributed by atoms with van der Waals surface area (Å²) in [5.41, 5.74) is 1.10. The van der Waals surface area contributed by atoms with Gasteiger partial charge in [0, 0.05) is 32.8 Å². The van der Waals surface area contributed by atoms with Gasteiger partial charge >= 0.3 is 0 Å². The Balaban J connectivity index is 2.42. The van der Waals surface area contributed by atoms with Crippen molar-refractivity contribution < 1.29 is 4.74 Å². The molecular formula is C20H36N4O. The lowest BCUT2D eigenvalue weighted by atomic mass is 10.1. The molecule has 25 heavy (non-hydrogen) atoms. The van der Waals surface area contributed by atoms with Crippen LogP contribution >= 0.6 is 0 Å². The molecule has 142 valence electrons. The minimum absolute atomic E-state index is 0.244. The zero-order valence-electron chi connectivity index (χ0n) is 16.8. The summed E-state index contributed by atoms with van der Waals surface area (Å²) >= 11 is 0. The molecule has 1 atom stereocenters. The first-order valence-corrected chi connectivity index (χ1v) is 9.19. The van der Waals surface area contributed by atoms with Crippen LogP contribution in [0.4, 0.5) is 0 Å². The first-order chi connectivity index (χ1) is 11.9. The van der Waals surface area contributed by atoms with Crippen LogP contribution in [0.15, 0.2) is 35.3 Å². The summed E-state index contributed by atoms with van der Waals surface area (Å²) in [5, 5.41) is 6.72. The van der Waals surface area contributed by atoms with Crippen LogP contribution in [0.3, 0.4) is 0 Å². The second kappa shape index (κ2) is 11.1. The monoisotopic (exact) mass is 348 g/mol. The fraction of sp³-hybridized carbons (Fsp3) is 0.650. The van der Waals surface area contributed by atoms with Crippen molar-refractivity contribution in [2.45, 2.75) is 52.3 Å². The minimum Gasteiger partial charge on any atom is -0.377 e. The summed E-state index contributed by atoms with van der Waals surface area (Å²) < 4.78 is 5.43. The molecule has 5 heteroatoms. The Morgan fingerprint density at radius 1 is 1.24 bits per heavy atom. The molecule has 5 nitrogen and oxygen atoms in total. The fourth-order valence-corrected chi connectivity index (χ4v) is 2.32. The number of hydrogen-bond donors (Lipinski definition) is 2. The molecule has 0 saturated heterocycles. The topological polar surface area (TPSA) is 48.9 Å². The molecule has 0 bridgehead atoms. The quantitative estimate of drug-likeness (QED) is 0.504. The van der Waals surface area contributed by atoms with Crippen LogP contribution in [-0.4, -0.2) is 56.3 Å². The molecule has 0 amide bonds. The van der Waals surface area contributed by atoms with Crippen LogP contribution in [0.1, 0.15) is 39.7 Å². The summed E-state index contributed by atoms with van der Waals surface area (Å²) in [6, 6.07) is 11.1. The lowest BCUT2D eigenvalue weighted by Crippen LogP contribution is -2.41. The Labute approximate surface area is 153 Å². The maximum absolute atomic E-state index is 5.43. The van der Waals surface area contributed by atoms with Crippen molar-refractivity contribution in [3.8, 4) is 0 Å². The van der Waals surface area contributed by atoms with Gasteiger partial charge in [-0.1, -0.05) is 30.3 Å². The summed E-state index contributed by atoms with van der Waals surface area (Å²) in [6.45, 7) is 11.8. The van der Waals surface area contributed by atoms with Gasteiger partial charge in [-0.15, -0.1) is 0 Å². The van der Waals surface area contributed by atoms with Gasteiger partial charge < -0.3 is 15.4 Å². The highest BCUT2D eigenvalue weighted by atomic mass is 16.5. The lowest BCUT2D eigenvalue weighted by molar-refractivity contribution is 0.0310. The van der Waals surface area contributed by atoms with Gasteiger partial charge in [-0.05, 0) is 46.7 Å². The largest absolute Gasteiger partial charge is 0.377 e. The van der Waals surface area contributed by atoms with E-state index in [2.05, 4.69) is 71.8 Å². The molecule has 0 aliphatic carbocycles. The van der Waals surface area contributed by atoms with E-state index < -0.39 is 0 Å². The number of nitrogens with zero attached hydrogens (tertiary/aromatic N) is 2. The van der Waals surface area contributed by atoms with E-state index in [1.807, 2.05) is 13.8 Å². The van der Waals surface area contributed by atoms with Crippen LogP contribution < -0.4 is 10.6 Å². The molecule has 1 aromatic carbocycles. The van der Waals surface area contributed by atoms with E-state index >= 15 is 0 Å². The Morgan fingerprint density at radius 3 is 2.52 bits per heavy atom. The third-order valence-corrected chi connectivity index (χ3v) is 4.40. The van der Waals surface area contributed by atoms with Crippen molar-refractivity contribution in [2.75, 3.05) is 33.8 Å².